The third-order valence-electron chi connectivity index (χ3n) is 5.09. The number of nitrogens with one attached hydrogen (secondary N) is 2. The molecule has 9 nitrogen and oxygen atoms in total. The summed E-state index contributed by atoms with van der Waals surface area (Å²) >= 11 is 0. The number of amidine groups is 1. The summed E-state index contributed by atoms with van der Waals surface area (Å²) in [6, 6.07) is 9.54. The number of hydrogen-bond donors (Lipinski definition) is 4. The zero-order valence-electron chi connectivity index (χ0n) is 19.8. The van der Waals surface area contributed by atoms with Crippen molar-refractivity contribution in [1.82, 2.24) is 4.72 Å². The molecular weight excluding hydrogens is 458 g/mol. The second kappa shape index (κ2) is 12.4. The summed E-state index contributed by atoms with van der Waals surface area (Å²) in [6.45, 7) is 6.61. The SMILES string of the molecule is CCOC(=O)CCCOc1cc(C(C)C)ccc1CCNS(=O)(=O)c1cc(C(=N)N)ccc1O. The molecule has 0 atom stereocenters. The number of hydrogen-bond acceptors (Lipinski definition) is 7. The van der Waals surface area contributed by atoms with Crippen LogP contribution in [-0.2, 0) is 26.0 Å². The van der Waals surface area contributed by atoms with Crippen molar-refractivity contribution in [2.24, 2.45) is 5.73 Å². The number of carbonyl (C=O) groups is 1. The number of carbonyl (C=O) groups excluding carboxylic acids is 1. The first-order valence-electron chi connectivity index (χ1n) is 11.1. The van der Waals surface area contributed by atoms with E-state index < -0.39 is 15.8 Å². The van der Waals surface area contributed by atoms with Crippen molar-refractivity contribution in [1.29, 1.82) is 5.41 Å². The Hall–Kier alpha value is -3.11. The van der Waals surface area contributed by atoms with Crippen LogP contribution in [0, 0.1) is 5.41 Å². The molecule has 186 valence electrons. The maximum atomic E-state index is 12.7. The second-order valence-corrected chi connectivity index (χ2v) is 9.76. The number of phenols is 1. The molecule has 2 aromatic rings. The summed E-state index contributed by atoms with van der Waals surface area (Å²) in [4.78, 5) is 11.2. The van der Waals surface area contributed by atoms with Gasteiger partial charge in [0.1, 0.15) is 22.2 Å². The van der Waals surface area contributed by atoms with Crippen LogP contribution >= 0.6 is 0 Å². The minimum atomic E-state index is -4.03. The van der Waals surface area contributed by atoms with Crippen LogP contribution in [0.1, 0.15) is 56.2 Å². The largest absolute Gasteiger partial charge is 0.507 e. The number of rotatable bonds is 13. The molecule has 0 radical (unpaired) electrons. The van der Waals surface area contributed by atoms with Crippen LogP contribution in [0.25, 0.3) is 0 Å². The van der Waals surface area contributed by atoms with E-state index in [9.17, 15) is 18.3 Å². The highest BCUT2D eigenvalue weighted by Gasteiger charge is 2.20. The minimum absolute atomic E-state index is 0.0618. The number of ether oxygens (including phenoxy) is 2. The lowest BCUT2D eigenvalue weighted by molar-refractivity contribution is -0.143. The van der Waals surface area contributed by atoms with Crippen molar-refractivity contribution in [3.05, 3.63) is 53.1 Å². The Labute approximate surface area is 200 Å². The highest BCUT2D eigenvalue weighted by Crippen LogP contribution is 2.27. The molecule has 0 bridgehead atoms. The van der Waals surface area contributed by atoms with Gasteiger partial charge in [0, 0.05) is 18.5 Å². The van der Waals surface area contributed by atoms with Gasteiger partial charge in [0.15, 0.2) is 0 Å². The van der Waals surface area contributed by atoms with Crippen LogP contribution in [0.5, 0.6) is 11.5 Å². The quantitative estimate of drug-likeness (QED) is 0.145. The van der Waals surface area contributed by atoms with Gasteiger partial charge in [0.25, 0.3) is 0 Å². The van der Waals surface area contributed by atoms with Gasteiger partial charge in [0.05, 0.1) is 13.2 Å². The summed E-state index contributed by atoms with van der Waals surface area (Å²) in [5.74, 6) is -0.0775. The fourth-order valence-electron chi connectivity index (χ4n) is 3.20. The lowest BCUT2D eigenvalue weighted by Crippen LogP contribution is -2.26. The molecule has 0 fully saturated rings. The molecule has 0 saturated heterocycles. The number of nitrogens with two attached hydrogens (primary N) is 1. The Kier molecular flexibility index (Phi) is 9.88. The van der Waals surface area contributed by atoms with Crippen molar-refractivity contribution in [2.75, 3.05) is 19.8 Å². The second-order valence-electron chi connectivity index (χ2n) is 8.02. The maximum absolute atomic E-state index is 12.7. The van der Waals surface area contributed by atoms with E-state index in [0.29, 0.717) is 31.8 Å². The van der Waals surface area contributed by atoms with Crippen molar-refractivity contribution in [3.8, 4) is 11.5 Å². The molecular formula is C24H33N3O6S. The molecule has 0 aliphatic heterocycles. The first kappa shape index (κ1) is 27.1. The van der Waals surface area contributed by atoms with E-state index in [-0.39, 0.29) is 41.1 Å². The zero-order valence-corrected chi connectivity index (χ0v) is 20.6. The normalized spacial score (nSPS) is 11.4. The Balaban J connectivity index is 2.08. The lowest BCUT2D eigenvalue weighted by Gasteiger charge is -2.15. The highest BCUT2D eigenvalue weighted by molar-refractivity contribution is 7.89. The molecule has 0 aromatic heterocycles. The summed E-state index contributed by atoms with van der Waals surface area (Å²) in [5.41, 5.74) is 7.52. The summed E-state index contributed by atoms with van der Waals surface area (Å²) < 4.78 is 38.8. The van der Waals surface area contributed by atoms with Gasteiger partial charge in [-0.25, -0.2) is 13.1 Å². The molecule has 2 aromatic carbocycles. The van der Waals surface area contributed by atoms with Gasteiger partial charge in [0.2, 0.25) is 10.0 Å². The van der Waals surface area contributed by atoms with Gasteiger partial charge >= 0.3 is 5.97 Å². The predicted molar refractivity (Wildman–Crippen MR) is 130 cm³/mol. The molecule has 0 saturated carbocycles. The van der Waals surface area contributed by atoms with Crippen molar-refractivity contribution >= 4 is 21.8 Å². The molecule has 0 heterocycles. The third kappa shape index (κ3) is 7.74. The van der Waals surface area contributed by atoms with Crippen molar-refractivity contribution < 1.29 is 27.8 Å². The van der Waals surface area contributed by atoms with E-state index in [1.807, 2.05) is 18.2 Å². The third-order valence-corrected chi connectivity index (χ3v) is 6.58. The van der Waals surface area contributed by atoms with Crippen LogP contribution in [0.4, 0.5) is 0 Å². The number of esters is 1. The molecule has 5 N–H and O–H groups in total. The fourth-order valence-corrected chi connectivity index (χ4v) is 4.35. The van der Waals surface area contributed by atoms with Crippen LogP contribution in [0.2, 0.25) is 0 Å². The molecule has 10 heteroatoms. The van der Waals surface area contributed by atoms with Gasteiger partial charge in [-0.1, -0.05) is 26.0 Å². The van der Waals surface area contributed by atoms with Crippen molar-refractivity contribution in [2.45, 2.75) is 50.8 Å². The van der Waals surface area contributed by atoms with Crippen LogP contribution in [-0.4, -0.2) is 45.1 Å². The van der Waals surface area contributed by atoms with Crippen LogP contribution in [0.15, 0.2) is 41.3 Å². The molecule has 2 rings (SSSR count). The summed E-state index contributed by atoms with van der Waals surface area (Å²) in [7, 11) is -4.03. The van der Waals surface area contributed by atoms with Gasteiger partial charge in [-0.15, -0.1) is 0 Å². The number of aromatic hydroxyl groups is 1. The monoisotopic (exact) mass is 491 g/mol. The zero-order chi connectivity index (χ0) is 25.3. The Morgan fingerprint density at radius 2 is 1.94 bits per heavy atom. The van der Waals surface area contributed by atoms with E-state index >= 15 is 0 Å². The molecule has 0 spiro atoms. The molecule has 0 amide bonds. The minimum Gasteiger partial charge on any atom is -0.507 e. The average molecular weight is 492 g/mol. The molecule has 34 heavy (non-hydrogen) atoms. The summed E-state index contributed by atoms with van der Waals surface area (Å²) in [6.07, 6.45) is 1.11. The standard InChI is InChI=1S/C24H33N3O6S/c1-4-32-23(29)6-5-13-33-21-14-18(16(2)3)8-7-17(21)11-12-27-34(30,31)22-15-19(24(25)26)9-10-20(22)28/h7-10,14-16,27-28H,4-6,11-13H2,1-3H3,(H3,25,26). The van der Waals surface area contributed by atoms with E-state index in [0.717, 1.165) is 17.2 Å². The fraction of sp³-hybridized carbons (Fsp3) is 0.417. The highest BCUT2D eigenvalue weighted by atomic mass is 32.2. The Morgan fingerprint density at radius 1 is 1.21 bits per heavy atom. The Bertz CT molecular complexity index is 1120. The topological polar surface area (TPSA) is 152 Å². The van der Waals surface area contributed by atoms with Gasteiger partial charge in [-0.2, -0.15) is 0 Å². The van der Waals surface area contributed by atoms with E-state index in [2.05, 4.69) is 18.6 Å². The van der Waals surface area contributed by atoms with E-state index in [1.165, 1.54) is 12.1 Å². The van der Waals surface area contributed by atoms with E-state index in [1.54, 1.807) is 6.92 Å². The Morgan fingerprint density at radius 3 is 2.59 bits per heavy atom. The van der Waals surface area contributed by atoms with Gasteiger partial charge in [-0.3, -0.25) is 10.2 Å². The molecule has 0 aliphatic rings. The number of phenolic OH excluding ortho intramolecular Hbond substituents is 1. The average Bonchev–Trinajstić information content (AvgIpc) is 2.77. The van der Waals surface area contributed by atoms with Crippen molar-refractivity contribution in [3.63, 3.8) is 0 Å². The summed E-state index contributed by atoms with van der Waals surface area (Å²) in [5, 5.41) is 17.5. The number of nitrogen functional groups attached to an aromatic ring is 1. The maximum Gasteiger partial charge on any atom is 0.305 e. The molecule has 0 aliphatic carbocycles. The predicted octanol–water partition coefficient (Wildman–Crippen LogP) is 3.04. The van der Waals surface area contributed by atoms with Crippen LogP contribution in [0.3, 0.4) is 0 Å². The van der Waals surface area contributed by atoms with Gasteiger partial charge in [-0.05, 0) is 61.1 Å². The van der Waals surface area contributed by atoms with Gasteiger partial charge < -0.3 is 20.3 Å². The first-order chi connectivity index (χ1) is 16.0. The number of benzene rings is 2. The first-order valence-corrected chi connectivity index (χ1v) is 12.6. The molecule has 0 unspecified atom stereocenters. The lowest BCUT2D eigenvalue weighted by atomic mass is 10.00. The van der Waals surface area contributed by atoms with E-state index in [4.69, 9.17) is 20.6 Å². The van der Waals surface area contributed by atoms with Crippen LogP contribution < -0.4 is 15.2 Å². The number of sulfonamides is 1. The smallest absolute Gasteiger partial charge is 0.305 e.